The second kappa shape index (κ2) is 7.46. The molecule has 3 amide bonds. The van der Waals surface area contributed by atoms with E-state index in [2.05, 4.69) is 16.0 Å². The first-order chi connectivity index (χ1) is 10.9. The molecule has 1 saturated carbocycles. The lowest BCUT2D eigenvalue weighted by Crippen LogP contribution is -2.56. The molecule has 1 aliphatic carbocycles. The molecule has 124 valence electrons. The lowest BCUT2D eigenvalue weighted by molar-refractivity contribution is -0.130. The van der Waals surface area contributed by atoms with Crippen molar-refractivity contribution in [2.24, 2.45) is 0 Å². The summed E-state index contributed by atoms with van der Waals surface area (Å²) in [6.45, 7) is 1.21. The topological polar surface area (TPSA) is 87.3 Å². The minimum Gasteiger partial charge on any atom is -0.347 e. The molecule has 0 atom stereocenters. The molecule has 23 heavy (non-hydrogen) atoms. The van der Waals surface area contributed by atoms with Crippen LogP contribution < -0.4 is 16.0 Å². The van der Waals surface area contributed by atoms with Gasteiger partial charge in [0, 0.05) is 17.6 Å². The lowest BCUT2D eigenvalue weighted by Gasteiger charge is -2.29. The van der Waals surface area contributed by atoms with Crippen LogP contribution in [-0.2, 0) is 14.4 Å². The summed E-state index contributed by atoms with van der Waals surface area (Å²) in [5.74, 6) is -0.895. The first-order valence-corrected chi connectivity index (χ1v) is 7.91. The van der Waals surface area contributed by atoms with Crippen molar-refractivity contribution in [1.29, 1.82) is 0 Å². The molecule has 0 aliphatic heterocycles. The Bertz CT molecular complexity index is 595. The van der Waals surface area contributed by atoms with Crippen molar-refractivity contribution < 1.29 is 14.4 Å². The van der Waals surface area contributed by atoms with Gasteiger partial charge in [-0.1, -0.05) is 24.4 Å². The van der Waals surface area contributed by atoms with Crippen LogP contribution >= 0.6 is 11.6 Å². The van der Waals surface area contributed by atoms with E-state index in [1.165, 1.54) is 6.92 Å². The van der Waals surface area contributed by atoms with Gasteiger partial charge in [0.2, 0.25) is 17.7 Å². The van der Waals surface area contributed by atoms with Crippen LogP contribution in [0.4, 0.5) is 5.69 Å². The van der Waals surface area contributed by atoms with Gasteiger partial charge >= 0.3 is 0 Å². The van der Waals surface area contributed by atoms with Gasteiger partial charge in [0.15, 0.2) is 0 Å². The number of nitrogens with one attached hydrogen (secondary N) is 3. The van der Waals surface area contributed by atoms with E-state index in [-0.39, 0.29) is 24.3 Å². The number of hydrogen-bond acceptors (Lipinski definition) is 3. The fourth-order valence-corrected chi connectivity index (χ4v) is 2.81. The Kier molecular flexibility index (Phi) is 5.60. The van der Waals surface area contributed by atoms with Gasteiger partial charge in [0.05, 0.1) is 6.54 Å². The minimum atomic E-state index is -0.921. The number of carbonyl (C=O) groups is 3. The normalized spacial score (nSPS) is 15.7. The van der Waals surface area contributed by atoms with E-state index < -0.39 is 5.54 Å². The Morgan fingerprint density at radius 1 is 1.13 bits per heavy atom. The molecule has 1 aliphatic rings. The molecule has 0 bridgehead atoms. The smallest absolute Gasteiger partial charge is 0.250 e. The van der Waals surface area contributed by atoms with Crippen LogP contribution in [0, 0.1) is 0 Å². The van der Waals surface area contributed by atoms with E-state index in [1.54, 1.807) is 24.3 Å². The summed E-state index contributed by atoms with van der Waals surface area (Å²) in [6.07, 6.45) is 2.90. The van der Waals surface area contributed by atoms with Gasteiger partial charge in [-0.25, -0.2) is 0 Å². The maximum absolute atomic E-state index is 12.6. The predicted octanol–water partition coefficient (Wildman–Crippen LogP) is 1.84. The Labute approximate surface area is 140 Å². The molecule has 7 heteroatoms. The SMILES string of the molecule is CC(=O)NCC(=O)NC1(C(=O)Nc2ccc(Cl)cc2)CCCC1. The number of hydrogen-bond donors (Lipinski definition) is 3. The Morgan fingerprint density at radius 2 is 1.74 bits per heavy atom. The second-order valence-electron chi connectivity index (χ2n) is 5.71. The molecule has 0 heterocycles. The molecule has 2 rings (SSSR count). The van der Waals surface area contributed by atoms with E-state index in [0.29, 0.717) is 23.6 Å². The summed E-state index contributed by atoms with van der Waals surface area (Å²) in [5.41, 5.74) is -0.295. The van der Waals surface area contributed by atoms with Gasteiger partial charge in [-0.2, -0.15) is 0 Å². The van der Waals surface area contributed by atoms with Gasteiger partial charge in [-0.05, 0) is 37.1 Å². The molecule has 0 radical (unpaired) electrons. The average Bonchev–Trinajstić information content (AvgIpc) is 2.97. The zero-order valence-corrected chi connectivity index (χ0v) is 13.7. The highest BCUT2D eigenvalue weighted by Gasteiger charge is 2.42. The monoisotopic (exact) mass is 337 g/mol. The Morgan fingerprint density at radius 3 is 2.30 bits per heavy atom. The van der Waals surface area contributed by atoms with Crippen LogP contribution in [0.3, 0.4) is 0 Å². The quantitative estimate of drug-likeness (QED) is 0.766. The minimum absolute atomic E-state index is 0.134. The van der Waals surface area contributed by atoms with Crippen molar-refractivity contribution in [3.63, 3.8) is 0 Å². The molecule has 0 saturated heterocycles. The van der Waals surface area contributed by atoms with E-state index in [1.807, 2.05) is 0 Å². The molecule has 0 spiro atoms. The van der Waals surface area contributed by atoms with Crippen molar-refractivity contribution in [1.82, 2.24) is 10.6 Å². The maximum Gasteiger partial charge on any atom is 0.250 e. The third-order valence-electron chi connectivity index (χ3n) is 3.87. The van der Waals surface area contributed by atoms with Crippen molar-refractivity contribution in [3.8, 4) is 0 Å². The summed E-state index contributed by atoms with van der Waals surface area (Å²) in [5, 5.41) is 8.63. The van der Waals surface area contributed by atoms with Crippen LogP contribution in [0.25, 0.3) is 0 Å². The maximum atomic E-state index is 12.6. The molecule has 6 nitrogen and oxygen atoms in total. The van der Waals surface area contributed by atoms with Gasteiger partial charge in [-0.15, -0.1) is 0 Å². The van der Waals surface area contributed by atoms with Crippen LogP contribution in [-0.4, -0.2) is 29.8 Å². The van der Waals surface area contributed by atoms with Gasteiger partial charge < -0.3 is 16.0 Å². The number of anilines is 1. The molecule has 1 aromatic rings. The van der Waals surface area contributed by atoms with Crippen LogP contribution in [0.2, 0.25) is 5.02 Å². The highest BCUT2D eigenvalue weighted by Crippen LogP contribution is 2.31. The predicted molar refractivity (Wildman–Crippen MR) is 88.1 cm³/mol. The third kappa shape index (κ3) is 4.69. The van der Waals surface area contributed by atoms with E-state index >= 15 is 0 Å². The average molecular weight is 338 g/mol. The molecule has 0 aromatic heterocycles. The van der Waals surface area contributed by atoms with E-state index in [0.717, 1.165) is 12.8 Å². The Hall–Kier alpha value is -2.08. The van der Waals surface area contributed by atoms with Crippen LogP contribution in [0.5, 0.6) is 0 Å². The number of benzene rings is 1. The van der Waals surface area contributed by atoms with Crippen molar-refractivity contribution in [2.45, 2.75) is 38.1 Å². The lowest BCUT2D eigenvalue weighted by atomic mass is 9.96. The number of carbonyl (C=O) groups excluding carboxylic acids is 3. The standard InChI is InChI=1S/C16H20ClN3O3/c1-11(21)18-10-14(22)20-16(8-2-3-9-16)15(23)19-13-6-4-12(17)5-7-13/h4-7H,2-3,8-10H2,1H3,(H,18,21)(H,19,23)(H,20,22). The van der Waals surface area contributed by atoms with Gasteiger partial charge in [0.25, 0.3) is 0 Å². The number of rotatable bonds is 5. The molecule has 3 N–H and O–H groups in total. The summed E-state index contributed by atoms with van der Waals surface area (Å²) < 4.78 is 0. The van der Waals surface area contributed by atoms with Gasteiger partial charge in [0.1, 0.15) is 5.54 Å². The Balaban J connectivity index is 2.03. The van der Waals surface area contributed by atoms with Crippen molar-refractivity contribution in [2.75, 3.05) is 11.9 Å². The van der Waals surface area contributed by atoms with Crippen LogP contribution in [0.1, 0.15) is 32.6 Å². The largest absolute Gasteiger partial charge is 0.347 e. The number of halogens is 1. The van der Waals surface area contributed by atoms with E-state index in [9.17, 15) is 14.4 Å². The molecule has 1 fully saturated rings. The van der Waals surface area contributed by atoms with E-state index in [4.69, 9.17) is 11.6 Å². The molecular weight excluding hydrogens is 318 g/mol. The first kappa shape index (κ1) is 17.3. The summed E-state index contributed by atoms with van der Waals surface area (Å²) in [7, 11) is 0. The highest BCUT2D eigenvalue weighted by molar-refractivity contribution is 6.30. The first-order valence-electron chi connectivity index (χ1n) is 7.54. The highest BCUT2D eigenvalue weighted by atomic mass is 35.5. The van der Waals surface area contributed by atoms with Crippen molar-refractivity contribution >= 4 is 35.0 Å². The van der Waals surface area contributed by atoms with Gasteiger partial charge in [-0.3, -0.25) is 14.4 Å². The second-order valence-corrected chi connectivity index (χ2v) is 6.14. The fraction of sp³-hybridized carbons (Fsp3) is 0.438. The van der Waals surface area contributed by atoms with Crippen molar-refractivity contribution in [3.05, 3.63) is 29.3 Å². The molecular formula is C16H20ClN3O3. The fourth-order valence-electron chi connectivity index (χ4n) is 2.69. The van der Waals surface area contributed by atoms with Crippen LogP contribution in [0.15, 0.2) is 24.3 Å². The summed E-state index contributed by atoms with van der Waals surface area (Å²) in [4.78, 5) is 35.5. The number of amides is 3. The summed E-state index contributed by atoms with van der Waals surface area (Å²) >= 11 is 5.83. The molecule has 0 unspecified atom stereocenters. The molecule has 1 aromatic carbocycles. The third-order valence-corrected chi connectivity index (χ3v) is 4.12. The summed E-state index contributed by atoms with van der Waals surface area (Å²) in [6, 6.07) is 6.80. The zero-order chi connectivity index (χ0) is 16.9. The zero-order valence-electron chi connectivity index (χ0n) is 12.9.